The average molecular weight is 316 g/mol. The number of rotatable bonds is 3. The van der Waals surface area contributed by atoms with E-state index < -0.39 is 0 Å². The van der Waals surface area contributed by atoms with Crippen molar-refractivity contribution in [2.75, 3.05) is 63.1 Å². The summed E-state index contributed by atoms with van der Waals surface area (Å²) in [5, 5.41) is 0. The molecular formula is C18H28N4O. The number of hydrogen-bond acceptors (Lipinski definition) is 5. The molecule has 3 aliphatic rings. The highest BCUT2D eigenvalue weighted by Crippen LogP contribution is 2.24. The van der Waals surface area contributed by atoms with E-state index in [0.717, 1.165) is 38.0 Å². The van der Waals surface area contributed by atoms with Crippen LogP contribution >= 0.6 is 0 Å². The predicted molar refractivity (Wildman–Crippen MR) is 93.8 cm³/mol. The van der Waals surface area contributed by atoms with E-state index in [-0.39, 0.29) is 0 Å². The minimum Gasteiger partial charge on any atom is -0.399 e. The van der Waals surface area contributed by atoms with E-state index in [4.69, 9.17) is 10.5 Å². The standard InChI is InChI=1S/C18H28N4O/c19-15-1-3-16(4-2-15)20-7-5-17(6-8-20)21-9-11-22(12-10-21)18-13-23-14-18/h1-4,17-18H,5-14,19H2. The van der Waals surface area contributed by atoms with Crippen molar-refractivity contribution < 1.29 is 4.74 Å². The van der Waals surface area contributed by atoms with Crippen molar-refractivity contribution in [2.45, 2.75) is 24.9 Å². The van der Waals surface area contributed by atoms with Crippen LogP contribution in [0.4, 0.5) is 11.4 Å². The Labute approximate surface area is 139 Å². The van der Waals surface area contributed by atoms with Crippen LogP contribution in [-0.2, 0) is 4.74 Å². The number of ether oxygens (including phenoxy) is 1. The third-order valence-corrected chi connectivity index (χ3v) is 5.72. The first kappa shape index (κ1) is 15.2. The molecule has 5 nitrogen and oxygen atoms in total. The summed E-state index contributed by atoms with van der Waals surface area (Å²) in [6, 6.07) is 9.77. The molecule has 126 valence electrons. The Morgan fingerprint density at radius 2 is 1.35 bits per heavy atom. The third-order valence-electron chi connectivity index (χ3n) is 5.72. The van der Waals surface area contributed by atoms with E-state index in [0.29, 0.717) is 6.04 Å². The summed E-state index contributed by atoms with van der Waals surface area (Å²) in [7, 11) is 0. The Hall–Kier alpha value is -1.30. The van der Waals surface area contributed by atoms with E-state index in [2.05, 4.69) is 26.8 Å². The van der Waals surface area contributed by atoms with E-state index in [1.54, 1.807) is 0 Å². The molecule has 0 amide bonds. The molecule has 5 heteroatoms. The molecular weight excluding hydrogens is 288 g/mol. The van der Waals surface area contributed by atoms with Crippen molar-refractivity contribution >= 4 is 11.4 Å². The molecule has 0 unspecified atom stereocenters. The number of hydrogen-bond donors (Lipinski definition) is 1. The lowest BCUT2D eigenvalue weighted by Crippen LogP contribution is -2.59. The SMILES string of the molecule is Nc1ccc(N2CCC(N3CCN(C4COC4)CC3)CC2)cc1. The predicted octanol–water partition coefficient (Wildman–Crippen LogP) is 1.25. The van der Waals surface area contributed by atoms with Crippen molar-refractivity contribution in [3.8, 4) is 0 Å². The van der Waals surface area contributed by atoms with Gasteiger partial charge in [-0.05, 0) is 37.1 Å². The van der Waals surface area contributed by atoms with Gasteiger partial charge in [0.05, 0.1) is 19.3 Å². The van der Waals surface area contributed by atoms with Gasteiger partial charge in [-0.15, -0.1) is 0 Å². The summed E-state index contributed by atoms with van der Waals surface area (Å²) in [6.07, 6.45) is 2.55. The fourth-order valence-corrected chi connectivity index (χ4v) is 4.08. The van der Waals surface area contributed by atoms with Crippen LogP contribution in [0.2, 0.25) is 0 Å². The maximum atomic E-state index is 5.79. The van der Waals surface area contributed by atoms with Crippen LogP contribution in [0.25, 0.3) is 0 Å². The van der Waals surface area contributed by atoms with Gasteiger partial charge in [-0.1, -0.05) is 0 Å². The molecule has 4 rings (SSSR count). The highest BCUT2D eigenvalue weighted by molar-refractivity contribution is 5.53. The monoisotopic (exact) mass is 316 g/mol. The summed E-state index contributed by atoms with van der Waals surface area (Å²) in [4.78, 5) is 7.83. The van der Waals surface area contributed by atoms with Crippen molar-refractivity contribution in [1.82, 2.24) is 9.80 Å². The smallest absolute Gasteiger partial charge is 0.0645 e. The topological polar surface area (TPSA) is 45.0 Å². The first-order chi connectivity index (χ1) is 11.3. The van der Waals surface area contributed by atoms with Crippen LogP contribution in [-0.4, -0.2) is 74.4 Å². The zero-order chi connectivity index (χ0) is 15.6. The second kappa shape index (κ2) is 6.67. The number of benzene rings is 1. The zero-order valence-electron chi connectivity index (χ0n) is 13.9. The van der Waals surface area contributed by atoms with Crippen molar-refractivity contribution in [3.05, 3.63) is 24.3 Å². The molecule has 0 saturated carbocycles. The average Bonchev–Trinajstić information content (AvgIpc) is 2.55. The molecule has 23 heavy (non-hydrogen) atoms. The number of nitrogens with zero attached hydrogens (tertiary/aromatic N) is 3. The van der Waals surface area contributed by atoms with Gasteiger partial charge in [0, 0.05) is 56.7 Å². The van der Waals surface area contributed by atoms with E-state index >= 15 is 0 Å². The molecule has 3 heterocycles. The van der Waals surface area contributed by atoms with Gasteiger partial charge < -0.3 is 15.4 Å². The molecule has 0 aromatic heterocycles. The molecule has 1 aromatic rings. The van der Waals surface area contributed by atoms with Crippen LogP contribution in [0.3, 0.4) is 0 Å². The van der Waals surface area contributed by atoms with Crippen molar-refractivity contribution in [2.24, 2.45) is 0 Å². The summed E-state index contributed by atoms with van der Waals surface area (Å²) in [5.41, 5.74) is 7.94. The third kappa shape index (κ3) is 3.32. The Morgan fingerprint density at radius 3 is 1.87 bits per heavy atom. The largest absolute Gasteiger partial charge is 0.399 e. The number of piperazine rings is 1. The lowest BCUT2D eigenvalue weighted by atomic mass is 10.0. The summed E-state index contributed by atoms with van der Waals surface area (Å²) in [6.45, 7) is 9.08. The second-order valence-electron chi connectivity index (χ2n) is 7.07. The fraction of sp³-hybridized carbons (Fsp3) is 0.667. The van der Waals surface area contributed by atoms with Crippen molar-refractivity contribution in [1.29, 1.82) is 0 Å². The van der Waals surface area contributed by atoms with Gasteiger partial charge >= 0.3 is 0 Å². The Balaban J connectivity index is 1.26. The molecule has 0 radical (unpaired) electrons. The Bertz CT molecular complexity index is 500. The molecule has 3 aliphatic heterocycles. The van der Waals surface area contributed by atoms with Crippen LogP contribution in [0.5, 0.6) is 0 Å². The minimum absolute atomic E-state index is 0.699. The molecule has 0 aliphatic carbocycles. The molecule has 3 saturated heterocycles. The molecule has 0 atom stereocenters. The van der Waals surface area contributed by atoms with Gasteiger partial charge in [-0.25, -0.2) is 0 Å². The number of nitrogen functional groups attached to an aromatic ring is 1. The maximum absolute atomic E-state index is 5.79. The van der Waals surface area contributed by atoms with Crippen LogP contribution < -0.4 is 10.6 Å². The maximum Gasteiger partial charge on any atom is 0.0645 e. The fourth-order valence-electron chi connectivity index (χ4n) is 4.08. The number of anilines is 2. The zero-order valence-corrected chi connectivity index (χ0v) is 13.9. The highest BCUT2D eigenvalue weighted by atomic mass is 16.5. The van der Waals surface area contributed by atoms with Crippen LogP contribution in [0.15, 0.2) is 24.3 Å². The second-order valence-corrected chi connectivity index (χ2v) is 7.07. The lowest BCUT2D eigenvalue weighted by molar-refractivity contribution is -0.0803. The summed E-state index contributed by atoms with van der Waals surface area (Å²) in [5.74, 6) is 0. The number of nitrogens with two attached hydrogens (primary N) is 1. The van der Waals surface area contributed by atoms with Gasteiger partial charge in [0.25, 0.3) is 0 Å². The van der Waals surface area contributed by atoms with Gasteiger partial charge in [0.1, 0.15) is 0 Å². The Kier molecular flexibility index (Phi) is 4.42. The van der Waals surface area contributed by atoms with Gasteiger partial charge in [-0.2, -0.15) is 0 Å². The molecule has 2 N–H and O–H groups in total. The van der Waals surface area contributed by atoms with Gasteiger partial charge in [0.15, 0.2) is 0 Å². The summed E-state index contributed by atoms with van der Waals surface area (Å²) >= 11 is 0. The van der Waals surface area contributed by atoms with Crippen LogP contribution in [0, 0.1) is 0 Å². The molecule has 0 bridgehead atoms. The Morgan fingerprint density at radius 1 is 0.783 bits per heavy atom. The molecule has 3 fully saturated rings. The minimum atomic E-state index is 0.699. The van der Waals surface area contributed by atoms with Gasteiger partial charge in [-0.3, -0.25) is 9.80 Å². The first-order valence-electron chi connectivity index (χ1n) is 8.96. The van der Waals surface area contributed by atoms with E-state index in [9.17, 15) is 0 Å². The number of piperidine rings is 1. The summed E-state index contributed by atoms with van der Waals surface area (Å²) < 4.78 is 5.32. The quantitative estimate of drug-likeness (QED) is 0.851. The van der Waals surface area contributed by atoms with E-state index in [1.807, 2.05) is 12.1 Å². The lowest BCUT2D eigenvalue weighted by Gasteiger charge is -2.46. The van der Waals surface area contributed by atoms with Gasteiger partial charge in [0.2, 0.25) is 0 Å². The van der Waals surface area contributed by atoms with Crippen LogP contribution in [0.1, 0.15) is 12.8 Å². The normalized spacial score (nSPS) is 25.5. The van der Waals surface area contributed by atoms with Crippen molar-refractivity contribution in [3.63, 3.8) is 0 Å². The highest BCUT2D eigenvalue weighted by Gasteiger charge is 2.32. The molecule has 1 aromatic carbocycles. The first-order valence-corrected chi connectivity index (χ1v) is 8.96. The van der Waals surface area contributed by atoms with E-state index in [1.165, 1.54) is 44.7 Å². The molecule has 0 spiro atoms.